The molecule has 1 amide bonds. The van der Waals surface area contributed by atoms with Gasteiger partial charge in [-0.05, 0) is 36.5 Å². The van der Waals surface area contributed by atoms with E-state index in [1.54, 1.807) is 7.11 Å². The van der Waals surface area contributed by atoms with Crippen molar-refractivity contribution >= 4 is 11.9 Å². The van der Waals surface area contributed by atoms with E-state index in [9.17, 15) is 9.59 Å². The maximum atomic E-state index is 12.7. The predicted molar refractivity (Wildman–Crippen MR) is 107 cm³/mol. The van der Waals surface area contributed by atoms with E-state index in [4.69, 9.17) is 9.47 Å². The summed E-state index contributed by atoms with van der Waals surface area (Å²) in [6.07, 6.45) is 2.21. The number of hydrogen-bond donors (Lipinski definition) is 0. The highest BCUT2D eigenvalue weighted by molar-refractivity contribution is 5.84. The maximum absolute atomic E-state index is 12.7. The molecule has 1 heterocycles. The Bertz CT molecular complexity index is 810. The van der Waals surface area contributed by atoms with Gasteiger partial charge in [-0.15, -0.1) is 0 Å². The van der Waals surface area contributed by atoms with Gasteiger partial charge in [0.25, 0.3) is 0 Å². The van der Waals surface area contributed by atoms with Gasteiger partial charge in [-0.25, -0.2) is 0 Å². The van der Waals surface area contributed by atoms with E-state index >= 15 is 0 Å². The number of carbonyl (C=O) groups excluding carboxylic acids is 2. The molecule has 5 nitrogen and oxygen atoms in total. The van der Waals surface area contributed by atoms with Crippen LogP contribution in [0.5, 0.6) is 5.75 Å². The first-order valence-electron chi connectivity index (χ1n) is 9.64. The summed E-state index contributed by atoms with van der Waals surface area (Å²) in [6.45, 7) is 1.10. The summed E-state index contributed by atoms with van der Waals surface area (Å²) < 4.78 is 10.5. The zero-order valence-electron chi connectivity index (χ0n) is 16.5. The average molecular weight is 381 g/mol. The molecule has 1 fully saturated rings. The van der Waals surface area contributed by atoms with Crippen LogP contribution in [0.15, 0.2) is 54.6 Å². The van der Waals surface area contributed by atoms with Gasteiger partial charge in [-0.3, -0.25) is 9.59 Å². The molecule has 0 aliphatic carbocycles. The molecule has 0 bridgehead atoms. The Balaban J connectivity index is 1.65. The molecule has 2 aromatic carbocycles. The van der Waals surface area contributed by atoms with Crippen molar-refractivity contribution in [3.63, 3.8) is 0 Å². The summed E-state index contributed by atoms with van der Waals surface area (Å²) >= 11 is 0. The van der Waals surface area contributed by atoms with Crippen molar-refractivity contribution in [2.24, 2.45) is 0 Å². The number of likely N-dealkylation sites (tertiary alicyclic amines) is 1. The molecule has 0 atom stereocenters. The van der Waals surface area contributed by atoms with Gasteiger partial charge in [0.05, 0.1) is 19.6 Å². The molecule has 0 aromatic heterocycles. The molecular weight excluding hydrogens is 354 g/mol. The fourth-order valence-corrected chi connectivity index (χ4v) is 4.01. The van der Waals surface area contributed by atoms with E-state index < -0.39 is 5.41 Å². The Morgan fingerprint density at radius 1 is 0.964 bits per heavy atom. The Kier molecular flexibility index (Phi) is 6.34. The summed E-state index contributed by atoms with van der Waals surface area (Å²) in [5.41, 5.74) is 1.32. The Morgan fingerprint density at radius 2 is 1.61 bits per heavy atom. The van der Waals surface area contributed by atoms with Gasteiger partial charge in [0, 0.05) is 19.5 Å². The van der Waals surface area contributed by atoms with Crippen molar-refractivity contribution < 1.29 is 19.1 Å². The molecule has 1 saturated heterocycles. The van der Waals surface area contributed by atoms with Crippen LogP contribution >= 0.6 is 0 Å². The second-order valence-electron chi connectivity index (χ2n) is 7.13. The van der Waals surface area contributed by atoms with Crippen LogP contribution in [-0.2, 0) is 26.2 Å². The summed E-state index contributed by atoms with van der Waals surface area (Å²) in [5, 5.41) is 0. The minimum Gasteiger partial charge on any atom is -0.496 e. The summed E-state index contributed by atoms with van der Waals surface area (Å²) in [7, 11) is 3.07. The van der Waals surface area contributed by atoms with Crippen molar-refractivity contribution in [3.05, 3.63) is 65.7 Å². The van der Waals surface area contributed by atoms with E-state index in [-0.39, 0.29) is 11.9 Å². The molecule has 0 unspecified atom stereocenters. The predicted octanol–water partition coefficient (Wildman–Crippen LogP) is 3.36. The van der Waals surface area contributed by atoms with Crippen LogP contribution in [-0.4, -0.2) is 44.1 Å². The minimum atomic E-state index is -0.671. The molecule has 28 heavy (non-hydrogen) atoms. The number of ether oxygens (including phenoxy) is 2. The quantitative estimate of drug-likeness (QED) is 0.720. The van der Waals surface area contributed by atoms with Crippen molar-refractivity contribution in [2.75, 3.05) is 27.3 Å². The molecule has 5 heteroatoms. The lowest BCUT2D eigenvalue weighted by Gasteiger charge is -2.40. The van der Waals surface area contributed by atoms with Gasteiger partial charge < -0.3 is 14.4 Å². The molecule has 0 N–H and O–H groups in total. The fraction of sp³-hybridized carbons (Fsp3) is 0.391. The molecule has 0 radical (unpaired) electrons. The first kappa shape index (κ1) is 19.9. The highest BCUT2D eigenvalue weighted by Gasteiger charge is 2.44. The summed E-state index contributed by atoms with van der Waals surface area (Å²) in [5.74, 6) is 0.694. The van der Waals surface area contributed by atoms with Gasteiger partial charge in [-0.2, -0.15) is 0 Å². The van der Waals surface area contributed by atoms with Gasteiger partial charge in [-0.1, -0.05) is 48.5 Å². The second kappa shape index (κ2) is 8.91. The van der Waals surface area contributed by atoms with Gasteiger partial charge in [0.1, 0.15) is 5.75 Å². The third-order valence-corrected chi connectivity index (χ3v) is 5.67. The number of aryl methyl sites for hydroxylation is 1. The number of methoxy groups -OCH3 is 2. The topological polar surface area (TPSA) is 55.8 Å². The normalized spacial score (nSPS) is 15.7. The van der Waals surface area contributed by atoms with E-state index in [0.717, 1.165) is 16.9 Å². The molecule has 3 rings (SSSR count). The van der Waals surface area contributed by atoms with Crippen LogP contribution in [0.1, 0.15) is 30.4 Å². The van der Waals surface area contributed by atoms with Crippen molar-refractivity contribution in [2.45, 2.75) is 31.1 Å². The third-order valence-electron chi connectivity index (χ3n) is 5.67. The third kappa shape index (κ3) is 4.03. The molecule has 148 valence electrons. The SMILES string of the molecule is COC(=O)C1(c2ccccc2)CCN(C(=O)CCc2ccccc2OC)CC1. The highest BCUT2D eigenvalue weighted by Crippen LogP contribution is 2.37. The lowest BCUT2D eigenvalue weighted by molar-refractivity contribution is -0.151. The van der Waals surface area contributed by atoms with Crippen molar-refractivity contribution in [1.29, 1.82) is 0 Å². The van der Waals surface area contributed by atoms with E-state index in [0.29, 0.717) is 38.8 Å². The lowest BCUT2D eigenvalue weighted by atomic mass is 9.72. The van der Waals surface area contributed by atoms with Gasteiger partial charge in [0.15, 0.2) is 0 Å². The van der Waals surface area contributed by atoms with Crippen molar-refractivity contribution in [1.82, 2.24) is 4.90 Å². The van der Waals surface area contributed by atoms with E-state index in [1.165, 1.54) is 7.11 Å². The molecule has 2 aromatic rings. The second-order valence-corrected chi connectivity index (χ2v) is 7.13. The van der Waals surface area contributed by atoms with Crippen LogP contribution in [0.2, 0.25) is 0 Å². The zero-order valence-corrected chi connectivity index (χ0v) is 16.5. The molecule has 1 aliphatic rings. The Labute approximate surface area is 166 Å². The largest absolute Gasteiger partial charge is 0.496 e. The number of nitrogens with zero attached hydrogens (tertiary/aromatic N) is 1. The lowest BCUT2D eigenvalue weighted by Crippen LogP contribution is -2.49. The van der Waals surface area contributed by atoms with Gasteiger partial charge >= 0.3 is 5.97 Å². The van der Waals surface area contributed by atoms with Crippen LogP contribution < -0.4 is 4.74 Å². The monoisotopic (exact) mass is 381 g/mol. The smallest absolute Gasteiger partial charge is 0.316 e. The summed E-state index contributed by atoms with van der Waals surface area (Å²) in [6, 6.07) is 17.5. The van der Waals surface area contributed by atoms with Crippen LogP contribution in [0.4, 0.5) is 0 Å². The highest BCUT2D eigenvalue weighted by atomic mass is 16.5. The van der Waals surface area contributed by atoms with Crippen molar-refractivity contribution in [3.8, 4) is 5.75 Å². The average Bonchev–Trinajstić information content (AvgIpc) is 2.77. The van der Waals surface area contributed by atoms with Crippen LogP contribution in [0.3, 0.4) is 0 Å². The van der Waals surface area contributed by atoms with Gasteiger partial charge in [0.2, 0.25) is 5.91 Å². The molecule has 0 saturated carbocycles. The maximum Gasteiger partial charge on any atom is 0.316 e. The number of amides is 1. The summed E-state index contributed by atoms with van der Waals surface area (Å²) in [4.78, 5) is 27.2. The number of benzene rings is 2. The first-order chi connectivity index (χ1) is 13.6. The standard InChI is InChI=1S/C23H27NO4/c1-27-20-11-7-6-8-18(20)12-13-21(25)24-16-14-23(15-17-24,22(26)28-2)19-9-4-3-5-10-19/h3-11H,12-17H2,1-2H3. The molecular formula is C23H27NO4. The number of para-hydroxylation sites is 1. The Morgan fingerprint density at radius 3 is 2.25 bits per heavy atom. The number of piperidine rings is 1. The minimum absolute atomic E-state index is 0.109. The Hall–Kier alpha value is -2.82. The number of hydrogen-bond acceptors (Lipinski definition) is 4. The van der Waals surface area contributed by atoms with Crippen LogP contribution in [0.25, 0.3) is 0 Å². The van der Waals surface area contributed by atoms with Crippen LogP contribution in [0, 0.1) is 0 Å². The molecule has 1 aliphatic heterocycles. The fourth-order valence-electron chi connectivity index (χ4n) is 4.01. The number of rotatable bonds is 6. The molecule has 0 spiro atoms. The number of esters is 1. The first-order valence-corrected chi connectivity index (χ1v) is 9.64. The van der Waals surface area contributed by atoms with E-state index in [1.807, 2.05) is 59.5 Å². The number of carbonyl (C=O) groups is 2. The van der Waals surface area contributed by atoms with E-state index in [2.05, 4.69) is 0 Å². The zero-order chi connectivity index (χ0) is 20.0.